The van der Waals surface area contributed by atoms with Gasteiger partial charge < -0.3 is 16.8 Å². The molecule has 0 aliphatic carbocycles. The number of rotatable bonds is 4. The Morgan fingerprint density at radius 2 is 2.06 bits per heavy atom. The Kier molecular flexibility index (Phi) is 3.86. The summed E-state index contributed by atoms with van der Waals surface area (Å²) in [5.74, 6) is 1.13. The van der Waals surface area contributed by atoms with Crippen LogP contribution in [0.15, 0.2) is 28.1 Å². The van der Waals surface area contributed by atoms with Crippen LogP contribution in [-0.4, -0.2) is 11.5 Å². The fraction of sp³-hybridized carbons (Fsp3) is 0.182. The van der Waals surface area contributed by atoms with Gasteiger partial charge in [-0.05, 0) is 46.6 Å². The van der Waals surface area contributed by atoms with Crippen molar-refractivity contribution in [1.82, 2.24) is 4.98 Å². The number of nitrogens with one attached hydrogen (secondary N) is 1. The number of aromatic nitrogens is 1. The molecule has 2 rings (SSSR count). The number of hydrogen-bond donors (Lipinski definition) is 3. The number of thiophene rings is 1. The molecule has 2 aromatic heterocycles. The third-order valence-corrected chi connectivity index (χ3v) is 3.95. The van der Waals surface area contributed by atoms with Gasteiger partial charge in [-0.3, -0.25) is 0 Å². The molecule has 0 aliphatic heterocycles. The van der Waals surface area contributed by atoms with Gasteiger partial charge >= 0.3 is 0 Å². The third-order valence-electron chi connectivity index (χ3n) is 2.26. The zero-order valence-electron chi connectivity index (χ0n) is 9.11. The van der Waals surface area contributed by atoms with Gasteiger partial charge in [0.15, 0.2) is 0 Å². The van der Waals surface area contributed by atoms with Crippen LogP contribution in [-0.2, 0) is 6.42 Å². The minimum absolute atomic E-state index is 0.369. The summed E-state index contributed by atoms with van der Waals surface area (Å²) in [5.41, 5.74) is 11.7. The van der Waals surface area contributed by atoms with Crippen LogP contribution in [0.2, 0.25) is 0 Å². The van der Waals surface area contributed by atoms with E-state index >= 15 is 0 Å². The lowest BCUT2D eigenvalue weighted by Gasteiger charge is -2.06. The van der Waals surface area contributed by atoms with Gasteiger partial charge in [0, 0.05) is 11.4 Å². The first kappa shape index (κ1) is 12.2. The van der Waals surface area contributed by atoms with Crippen LogP contribution in [0.25, 0.3) is 0 Å². The SMILES string of the molecule is Nc1ccc(NCCc2ccc(Br)s2)nc1N. The third kappa shape index (κ3) is 3.34. The Bertz CT molecular complexity index is 512. The number of halogens is 1. The lowest BCUT2D eigenvalue weighted by atomic mass is 10.3. The molecule has 5 N–H and O–H groups in total. The second kappa shape index (κ2) is 5.37. The molecule has 0 bridgehead atoms. The van der Waals surface area contributed by atoms with Crippen molar-refractivity contribution in [1.29, 1.82) is 0 Å². The second-order valence-corrected chi connectivity index (χ2v) is 6.10. The van der Waals surface area contributed by atoms with Gasteiger partial charge in [-0.2, -0.15) is 0 Å². The van der Waals surface area contributed by atoms with Crippen molar-refractivity contribution in [2.75, 3.05) is 23.3 Å². The van der Waals surface area contributed by atoms with E-state index in [0.717, 1.165) is 22.6 Å². The molecule has 0 amide bonds. The van der Waals surface area contributed by atoms with Gasteiger partial charge in [0.25, 0.3) is 0 Å². The molecule has 0 fully saturated rings. The van der Waals surface area contributed by atoms with Crippen LogP contribution in [0.4, 0.5) is 17.3 Å². The monoisotopic (exact) mass is 312 g/mol. The summed E-state index contributed by atoms with van der Waals surface area (Å²) in [6.45, 7) is 0.823. The number of anilines is 3. The van der Waals surface area contributed by atoms with E-state index in [1.807, 2.05) is 6.07 Å². The minimum atomic E-state index is 0.369. The van der Waals surface area contributed by atoms with E-state index in [2.05, 4.69) is 38.4 Å². The number of nitrogen functional groups attached to an aromatic ring is 2. The summed E-state index contributed by atoms with van der Waals surface area (Å²) in [7, 11) is 0. The molecule has 4 nitrogen and oxygen atoms in total. The maximum atomic E-state index is 5.63. The van der Waals surface area contributed by atoms with Gasteiger partial charge in [-0.1, -0.05) is 0 Å². The highest BCUT2D eigenvalue weighted by Crippen LogP contribution is 2.22. The molecule has 0 radical (unpaired) electrons. The largest absolute Gasteiger partial charge is 0.396 e. The van der Waals surface area contributed by atoms with E-state index in [0.29, 0.717) is 11.5 Å². The van der Waals surface area contributed by atoms with E-state index < -0.39 is 0 Å². The van der Waals surface area contributed by atoms with Crippen molar-refractivity contribution in [3.05, 3.63) is 32.9 Å². The summed E-state index contributed by atoms with van der Waals surface area (Å²) >= 11 is 5.18. The van der Waals surface area contributed by atoms with Crippen molar-refractivity contribution < 1.29 is 0 Å². The molecular formula is C11H13BrN4S. The molecule has 0 saturated carbocycles. The minimum Gasteiger partial charge on any atom is -0.396 e. The molecule has 2 aromatic rings. The van der Waals surface area contributed by atoms with Crippen molar-refractivity contribution in [2.45, 2.75) is 6.42 Å². The zero-order valence-corrected chi connectivity index (χ0v) is 11.5. The van der Waals surface area contributed by atoms with Crippen LogP contribution >= 0.6 is 27.3 Å². The molecule has 2 heterocycles. The van der Waals surface area contributed by atoms with Crippen molar-refractivity contribution in [2.24, 2.45) is 0 Å². The number of pyridine rings is 1. The number of nitrogens with two attached hydrogens (primary N) is 2. The predicted octanol–water partition coefficient (Wildman–Crippen LogP) is 2.72. The lowest BCUT2D eigenvalue weighted by molar-refractivity contribution is 1.03. The van der Waals surface area contributed by atoms with Crippen LogP contribution in [0.3, 0.4) is 0 Å². The smallest absolute Gasteiger partial charge is 0.149 e. The average molecular weight is 313 g/mol. The Morgan fingerprint density at radius 3 is 2.71 bits per heavy atom. The first-order valence-corrected chi connectivity index (χ1v) is 6.76. The van der Waals surface area contributed by atoms with Crippen molar-refractivity contribution in [3.8, 4) is 0 Å². The Balaban J connectivity index is 1.87. The summed E-state index contributed by atoms with van der Waals surface area (Å²) < 4.78 is 1.15. The van der Waals surface area contributed by atoms with E-state index in [9.17, 15) is 0 Å². The highest BCUT2D eigenvalue weighted by molar-refractivity contribution is 9.11. The van der Waals surface area contributed by atoms with Gasteiger partial charge in [0.1, 0.15) is 11.6 Å². The molecule has 0 atom stereocenters. The van der Waals surface area contributed by atoms with Crippen LogP contribution in [0.1, 0.15) is 4.88 Å². The van der Waals surface area contributed by atoms with Crippen LogP contribution in [0, 0.1) is 0 Å². The van der Waals surface area contributed by atoms with Gasteiger partial charge in [0.05, 0.1) is 9.47 Å². The van der Waals surface area contributed by atoms with Gasteiger partial charge in [-0.15, -0.1) is 11.3 Å². The Labute approximate surface area is 112 Å². The van der Waals surface area contributed by atoms with Crippen molar-refractivity contribution in [3.63, 3.8) is 0 Å². The molecule has 0 spiro atoms. The molecule has 90 valence electrons. The van der Waals surface area contributed by atoms with Crippen LogP contribution < -0.4 is 16.8 Å². The molecular weight excluding hydrogens is 300 g/mol. The fourth-order valence-electron chi connectivity index (χ4n) is 1.38. The average Bonchev–Trinajstić information content (AvgIpc) is 2.70. The summed E-state index contributed by atoms with van der Waals surface area (Å²) in [6, 6.07) is 7.75. The quantitative estimate of drug-likeness (QED) is 0.811. The van der Waals surface area contributed by atoms with Gasteiger partial charge in [-0.25, -0.2) is 4.98 Å². The van der Waals surface area contributed by atoms with Crippen LogP contribution in [0.5, 0.6) is 0 Å². The van der Waals surface area contributed by atoms with Gasteiger partial charge in [0.2, 0.25) is 0 Å². The molecule has 17 heavy (non-hydrogen) atoms. The van der Waals surface area contributed by atoms with E-state index in [4.69, 9.17) is 11.5 Å². The molecule has 0 unspecified atom stereocenters. The normalized spacial score (nSPS) is 10.4. The maximum Gasteiger partial charge on any atom is 0.149 e. The summed E-state index contributed by atoms with van der Waals surface area (Å²) in [5, 5.41) is 3.22. The Hall–Kier alpha value is -1.27. The second-order valence-electron chi connectivity index (χ2n) is 3.55. The maximum absolute atomic E-state index is 5.63. The summed E-state index contributed by atoms with van der Waals surface area (Å²) in [4.78, 5) is 5.47. The molecule has 0 saturated heterocycles. The number of nitrogens with zero attached hydrogens (tertiary/aromatic N) is 1. The first-order valence-electron chi connectivity index (χ1n) is 5.15. The standard InChI is InChI=1S/C11H13BrN4S/c12-9-3-1-7(17-9)5-6-15-10-4-2-8(13)11(14)16-10/h1-4H,5-6,13H2,(H3,14,15,16). The Morgan fingerprint density at radius 1 is 1.24 bits per heavy atom. The molecule has 6 heteroatoms. The predicted molar refractivity (Wildman–Crippen MR) is 77.3 cm³/mol. The van der Waals surface area contributed by atoms with E-state index in [1.165, 1.54) is 4.88 Å². The van der Waals surface area contributed by atoms with E-state index in [1.54, 1.807) is 17.4 Å². The highest BCUT2D eigenvalue weighted by Gasteiger charge is 2.00. The van der Waals surface area contributed by atoms with Crippen molar-refractivity contribution >= 4 is 44.6 Å². The topological polar surface area (TPSA) is 77.0 Å². The first-order chi connectivity index (χ1) is 8.15. The fourth-order valence-corrected chi connectivity index (χ4v) is 2.87. The van der Waals surface area contributed by atoms with E-state index in [-0.39, 0.29) is 0 Å². The molecule has 0 aliphatic rings. The highest BCUT2D eigenvalue weighted by atomic mass is 79.9. The molecule has 0 aromatic carbocycles. The zero-order chi connectivity index (χ0) is 12.3. The lowest BCUT2D eigenvalue weighted by Crippen LogP contribution is -2.07. The number of hydrogen-bond acceptors (Lipinski definition) is 5. The summed E-state index contributed by atoms with van der Waals surface area (Å²) in [6.07, 6.45) is 0.961.